The average Bonchev–Trinajstić information content (AvgIpc) is 2.92. The summed E-state index contributed by atoms with van der Waals surface area (Å²) in [7, 11) is 0. The summed E-state index contributed by atoms with van der Waals surface area (Å²) in [5.74, 6) is -1.38. The summed E-state index contributed by atoms with van der Waals surface area (Å²) in [5.41, 5.74) is 0.762. The van der Waals surface area contributed by atoms with Crippen LogP contribution in [0.25, 0.3) is 11.0 Å². The molecule has 40 heavy (non-hydrogen) atoms. The van der Waals surface area contributed by atoms with Crippen LogP contribution in [0.15, 0.2) is 71.9 Å². The molecule has 1 aliphatic rings. The van der Waals surface area contributed by atoms with Crippen molar-refractivity contribution in [2.24, 2.45) is 5.41 Å². The third-order valence-electron chi connectivity index (χ3n) is 6.67. The fraction of sp³-hybridized carbons (Fsp3) is 0.241. The molecule has 0 bridgehead atoms. The average molecular weight is 559 g/mol. The monoisotopic (exact) mass is 558 g/mol. The molecule has 3 amide bonds. The predicted octanol–water partition coefficient (Wildman–Crippen LogP) is 3.50. The highest BCUT2D eigenvalue weighted by Gasteiger charge is 2.37. The second kappa shape index (κ2) is 10.9. The van der Waals surface area contributed by atoms with E-state index in [0.717, 1.165) is 5.56 Å². The lowest BCUT2D eigenvalue weighted by atomic mass is 9.84. The SMILES string of the molecule is CC1(C)CN(C(=O)Cn2c(=O)c(C(=O)NCc3ccc(Cl)cc3)cc3c(C(=O)Nc4ccncc4)ccnc32)C1. The van der Waals surface area contributed by atoms with Gasteiger partial charge in [-0.2, -0.15) is 0 Å². The Morgan fingerprint density at radius 3 is 2.33 bits per heavy atom. The number of fused-ring (bicyclic) bond motifs is 1. The van der Waals surface area contributed by atoms with Gasteiger partial charge in [0, 0.05) is 54.3 Å². The molecule has 1 aromatic carbocycles. The number of hydrogen-bond acceptors (Lipinski definition) is 6. The first-order valence-corrected chi connectivity index (χ1v) is 13.0. The van der Waals surface area contributed by atoms with E-state index < -0.39 is 17.4 Å². The highest BCUT2D eigenvalue weighted by atomic mass is 35.5. The molecule has 4 heterocycles. The van der Waals surface area contributed by atoms with Gasteiger partial charge in [0.05, 0.1) is 5.56 Å². The Morgan fingerprint density at radius 1 is 0.950 bits per heavy atom. The highest BCUT2D eigenvalue weighted by molar-refractivity contribution is 6.30. The first-order valence-electron chi connectivity index (χ1n) is 12.7. The van der Waals surface area contributed by atoms with Crippen LogP contribution < -0.4 is 16.2 Å². The van der Waals surface area contributed by atoms with Crippen LogP contribution in [-0.2, 0) is 17.9 Å². The van der Waals surface area contributed by atoms with Crippen LogP contribution in [0.2, 0.25) is 5.02 Å². The number of likely N-dealkylation sites (tertiary alicyclic amines) is 1. The largest absolute Gasteiger partial charge is 0.348 e. The molecule has 1 saturated heterocycles. The van der Waals surface area contributed by atoms with Gasteiger partial charge in [0.2, 0.25) is 5.91 Å². The first kappa shape index (κ1) is 27.0. The standard InChI is InChI=1S/C29H27ClN6O4/c1-29(2)16-35(17-29)24(37)15-36-25-22(21(9-12-32-25)27(39)34-20-7-10-31-11-8-20)13-23(28(36)40)26(38)33-14-18-3-5-19(30)6-4-18/h3-13H,14-17H2,1-2H3,(H,33,38)(H,31,34,39). The van der Waals surface area contributed by atoms with E-state index in [1.54, 1.807) is 53.7 Å². The maximum absolute atomic E-state index is 13.6. The van der Waals surface area contributed by atoms with E-state index in [2.05, 4.69) is 34.4 Å². The summed E-state index contributed by atoms with van der Waals surface area (Å²) in [6.45, 7) is 5.07. The van der Waals surface area contributed by atoms with Gasteiger partial charge in [-0.25, -0.2) is 4.98 Å². The van der Waals surface area contributed by atoms with E-state index >= 15 is 0 Å². The summed E-state index contributed by atoms with van der Waals surface area (Å²) in [6.07, 6.45) is 4.49. The molecule has 2 N–H and O–H groups in total. The van der Waals surface area contributed by atoms with Gasteiger partial charge in [0.25, 0.3) is 17.4 Å². The number of carbonyl (C=O) groups is 3. The molecule has 1 aliphatic heterocycles. The number of nitrogens with one attached hydrogen (secondary N) is 2. The van der Waals surface area contributed by atoms with E-state index in [9.17, 15) is 19.2 Å². The number of aromatic nitrogens is 3. The van der Waals surface area contributed by atoms with Gasteiger partial charge < -0.3 is 15.5 Å². The molecule has 4 aromatic rings. The fourth-order valence-corrected chi connectivity index (χ4v) is 4.81. The van der Waals surface area contributed by atoms with Crippen LogP contribution in [0.1, 0.15) is 40.1 Å². The Bertz CT molecular complexity index is 1660. The molecule has 0 atom stereocenters. The Morgan fingerprint density at radius 2 is 1.65 bits per heavy atom. The minimum atomic E-state index is -0.673. The van der Waals surface area contributed by atoms with Gasteiger partial charge in [-0.1, -0.05) is 37.6 Å². The highest BCUT2D eigenvalue weighted by Crippen LogP contribution is 2.29. The third kappa shape index (κ3) is 5.72. The Kier molecular flexibility index (Phi) is 7.36. The van der Waals surface area contributed by atoms with Crippen molar-refractivity contribution in [3.8, 4) is 0 Å². The third-order valence-corrected chi connectivity index (χ3v) is 6.92. The number of halogens is 1. The molecule has 11 heteroatoms. The van der Waals surface area contributed by atoms with E-state index in [1.807, 2.05) is 0 Å². The van der Waals surface area contributed by atoms with E-state index in [1.165, 1.54) is 22.9 Å². The second-order valence-corrected chi connectivity index (χ2v) is 10.9. The zero-order valence-corrected chi connectivity index (χ0v) is 22.7. The first-order chi connectivity index (χ1) is 19.1. The van der Waals surface area contributed by atoms with Gasteiger partial charge in [-0.05, 0) is 47.4 Å². The minimum Gasteiger partial charge on any atom is -0.348 e. The zero-order chi connectivity index (χ0) is 28.4. The molecule has 0 spiro atoms. The number of anilines is 1. The second-order valence-electron chi connectivity index (χ2n) is 10.5. The van der Waals surface area contributed by atoms with Crippen LogP contribution in [0.3, 0.4) is 0 Å². The topological polar surface area (TPSA) is 126 Å². The Balaban J connectivity index is 1.53. The van der Waals surface area contributed by atoms with Gasteiger partial charge in [0.15, 0.2) is 0 Å². The number of amides is 3. The summed E-state index contributed by atoms with van der Waals surface area (Å²) in [6, 6.07) is 13.1. The lowest BCUT2D eigenvalue weighted by Gasteiger charge is -2.45. The lowest BCUT2D eigenvalue weighted by molar-refractivity contribution is -0.142. The van der Waals surface area contributed by atoms with Crippen LogP contribution in [0.5, 0.6) is 0 Å². The molecular weight excluding hydrogens is 532 g/mol. The smallest absolute Gasteiger partial charge is 0.265 e. The molecule has 5 rings (SSSR count). The van der Waals surface area contributed by atoms with Crippen molar-refractivity contribution < 1.29 is 14.4 Å². The van der Waals surface area contributed by atoms with Crippen molar-refractivity contribution in [1.29, 1.82) is 0 Å². The molecule has 3 aromatic heterocycles. The van der Waals surface area contributed by atoms with Gasteiger partial charge in [-0.15, -0.1) is 0 Å². The molecule has 0 unspecified atom stereocenters. The normalized spacial score (nSPS) is 13.9. The maximum atomic E-state index is 13.6. The summed E-state index contributed by atoms with van der Waals surface area (Å²) in [4.78, 5) is 63.2. The van der Waals surface area contributed by atoms with Gasteiger partial charge in [-0.3, -0.25) is 28.7 Å². The maximum Gasteiger partial charge on any atom is 0.265 e. The van der Waals surface area contributed by atoms with Crippen LogP contribution in [0.4, 0.5) is 5.69 Å². The zero-order valence-electron chi connectivity index (χ0n) is 22.0. The van der Waals surface area contributed by atoms with Gasteiger partial charge >= 0.3 is 0 Å². The molecule has 204 valence electrons. The van der Waals surface area contributed by atoms with E-state index in [0.29, 0.717) is 23.8 Å². The van der Waals surface area contributed by atoms with Crippen LogP contribution >= 0.6 is 11.6 Å². The number of nitrogens with zero attached hydrogens (tertiary/aromatic N) is 4. The number of rotatable bonds is 7. The van der Waals surface area contributed by atoms with E-state index in [4.69, 9.17) is 11.6 Å². The molecule has 0 saturated carbocycles. The lowest BCUT2D eigenvalue weighted by Crippen LogP contribution is -2.56. The number of hydrogen-bond donors (Lipinski definition) is 2. The summed E-state index contributed by atoms with van der Waals surface area (Å²) in [5, 5.41) is 6.37. The Labute approximate surface area is 235 Å². The van der Waals surface area contributed by atoms with Crippen molar-refractivity contribution in [2.45, 2.75) is 26.9 Å². The van der Waals surface area contributed by atoms with E-state index in [-0.39, 0.29) is 46.6 Å². The van der Waals surface area contributed by atoms with Crippen molar-refractivity contribution in [1.82, 2.24) is 24.8 Å². The molecule has 10 nitrogen and oxygen atoms in total. The molecule has 1 fully saturated rings. The van der Waals surface area contributed by atoms with Crippen LogP contribution in [0, 0.1) is 5.41 Å². The molecule has 0 aliphatic carbocycles. The summed E-state index contributed by atoms with van der Waals surface area (Å²) >= 11 is 5.95. The van der Waals surface area contributed by atoms with Crippen molar-refractivity contribution in [2.75, 3.05) is 18.4 Å². The Hall–Kier alpha value is -4.57. The molecule has 0 radical (unpaired) electrons. The number of carbonyl (C=O) groups excluding carboxylic acids is 3. The van der Waals surface area contributed by atoms with Crippen molar-refractivity contribution in [3.05, 3.63) is 99.2 Å². The van der Waals surface area contributed by atoms with Crippen molar-refractivity contribution in [3.63, 3.8) is 0 Å². The number of benzene rings is 1. The minimum absolute atomic E-state index is 0.00254. The number of pyridine rings is 3. The fourth-order valence-electron chi connectivity index (χ4n) is 4.69. The molecular formula is C29H27ClN6O4. The summed E-state index contributed by atoms with van der Waals surface area (Å²) < 4.78 is 1.17. The quantitative estimate of drug-likeness (QED) is 0.357. The van der Waals surface area contributed by atoms with Crippen molar-refractivity contribution >= 4 is 46.0 Å². The predicted molar refractivity (Wildman–Crippen MR) is 151 cm³/mol. The van der Waals surface area contributed by atoms with Crippen LogP contribution in [-0.4, -0.2) is 50.2 Å². The van der Waals surface area contributed by atoms with Gasteiger partial charge in [0.1, 0.15) is 17.8 Å².